The second-order valence-corrected chi connectivity index (χ2v) is 5.66. The van der Waals surface area contributed by atoms with Crippen LogP contribution in [0, 0.1) is 11.3 Å². The van der Waals surface area contributed by atoms with Crippen LogP contribution in [0.4, 0.5) is 11.4 Å². The van der Waals surface area contributed by atoms with E-state index in [1.807, 2.05) is 26.2 Å². The van der Waals surface area contributed by atoms with Gasteiger partial charge in [0.05, 0.1) is 11.6 Å². The topological polar surface area (TPSA) is 81.1 Å². The van der Waals surface area contributed by atoms with Crippen molar-refractivity contribution in [2.45, 2.75) is 6.42 Å². The van der Waals surface area contributed by atoms with Gasteiger partial charge in [0.1, 0.15) is 5.69 Å². The highest BCUT2D eigenvalue weighted by Gasteiger charge is 2.08. The fraction of sp³-hybridized carbons (Fsp3) is 0.278. The molecule has 0 saturated heterocycles. The molecule has 1 aromatic heterocycles. The smallest absolute Gasteiger partial charge is 0.274 e. The Hall–Kier alpha value is -2.91. The average Bonchev–Trinajstić information content (AvgIpc) is 2.59. The lowest BCUT2D eigenvalue weighted by molar-refractivity contribution is 0.102. The van der Waals surface area contributed by atoms with Crippen molar-refractivity contribution in [3.8, 4) is 6.07 Å². The summed E-state index contributed by atoms with van der Waals surface area (Å²) in [6.45, 7) is 1.84. The van der Waals surface area contributed by atoms with Gasteiger partial charge in [0, 0.05) is 24.1 Å². The molecule has 0 saturated carbocycles. The van der Waals surface area contributed by atoms with E-state index in [4.69, 9.17) is 5.26 Å². The highest BCUT2D eigenvalue weighted by molar-refractivity contribution is 6.03. The standard InChI is InChI=1S/C18H21N5O/c1-23(2)11-3-9-20-16-8-10-21-17(12-16)18(24)22-15-6-4-14(13-19)5-7-15/h4-8,10,12H,3,9,11H2,1-2H3,(H,20,21)(H,22,24). The third-order valence-electron chi connectivity index (χ3n) is 3.38. The number of hydrogen-bond donors (Lipinski definition) is 2. The summed E-state index contributed by atoms with van der Waals surface area (Å²) in [6.07, 6.45) is 2.63. The minimum Gasteiger partial charge on any atom is -0.385 e. The van der Waals surface area contributed by atoms with Gasteiger partial charge in [0.15, 0.2) is 0 Å². The van der Waals surface area contributed by atoms with Gasteiger partial charge in [-0.2, -0.15) is 5.26 Å². The Bertz CT molecular complexity index is 719. The fourth-order valence-corrected chi connectivity index (χ4v) is 2.12. The Kier molecular flexibility index (Phi) is 6.29. The van der Waals surface area contributed by atoms with E-state index in [0.717, 1.165) is 25.2 Å². The minimum absolute atomic E-state index is 0.281. The van der Waals surface area contributed by atoms with Gasteiger partial charge in [-0.15, -0.1) is 0 Å². The van der Waals surface area contributed by atoms with Gasteiger partial charge in [0.25, 0.3) is 5.91 Å². The van der Waals surface area contributed by atoms with Crippen LogP contribution in [0.25, 0.3) is 0 Å². The number of nitrogens with zero attached hydrogens (tertiary/aromatic N) is 3. The van der Waals surface area contributed by atoms with Crippen molar-refractivity contribution in [2.24, 2.45) is 0 Å². The number of aromatic nitrogens is 1. The van der Waals surface area contributed by atoms with Crippen LogP contribution in [-0.2, 0) is 0 Å². The molecule has 24 heavy (non-hydrogen) atoms. The summed E-state index contributed by atoms with van der Waals surface area (Å²) in [7, 11) is 4.08. The molecule has 1 aromatic carbocycles. The molecule has 0 radical (unpaired) electrons. The van der Waals surface area contributed by atoms with Gasteiger partial charge in [0.2, 0.25) is 0 Å². The Balaban J connectivity index is 1.94. The maximum Gasteiger partial charge on any atom is 0.274 e. The first-order valence-electron chi connectivity index (χ1n) is 7.74. The van der Waals surface area contributed by atoms with Gasteiger partial charge in [-0.3, -0.25) is 9.78 Å². The number of benzene rings is 1. The average molecular weight is 323 g/mol. The zero-order valence-electron chi connectivity index (χ0n) is 13.9. The number of nitriles is 1. The maximum absolute atomic E-state index is 12.3. The first kappa shape index (κ1) is 17.4. The molecule has 0 atom stereocenters. The van der Waals surface area contributed by atoms with Gasteiger partial charge in [-0.05, 0) is 63.5 Å². The lowest BCUT2D eigenvalue weighted by Gasteiger charge is -2.11. The molecule has 124 valence electrons. The first-order valence-corrected chi connectivity index (χ1v) is 7.74. The van der Waals surface area contributed by atoms with E-state index in [1.54, 1.807) is 36.5 Å². The van der Waals surface area contributed by atoms with Crippen LogP contribution in [-0.4, -0.2) is 43.0 Å². The zero-order chi connectivity index (χ0) is 17.4. The molecule has 1 amide bonds. The number of nitrogens with one attached hydrogen (secondary N) is 2. The second kappa shape index (κ2) is 8.65. The van der Waals surface area contributed by atoms with Gasteiger partial charge in [-0.1, -0.05) is 0 Å². The van der Waals surface area contributed by atoms with Crippen molar-refractivity contribution in [1.82, 2.24) is 9.88 Å². The summed E-state index contributed by atoms with van der Waals surface area (Å²) < 4.78 is 0. The summed E-state index contributed by atoms with van der Waals surface area (Å²) in [4.78, 5) is 18.5. The van der Waals surface area contributed by atoms with Crippen molar-refractivity contribution >= 4 is 17.3 Å². The summed E-state index contributed by atoms with van der Waals surface area (Å²) in [6, 6.07) is 12.3. The Morgan fingerprint density at radius 3 is 2.62 bits per heavy atom. The molecule has 6 heteroatoms. The molecule has 0 spiro atoms. The number of amides is 1. The van der Waals surface area contributed by atoms with Crippen LogP contribution in [0.2, 0.25) is 0 Å². The number of carbonyl (C=O) groups is 1. The van der Waals surface area contributed by atoms with Crippen molar-refractivity contribution < 1.29 is 4.79 Å². The van der Waals surface area contributed by atoms with Crippen LogP contribution in [0.15, 0.2) is 42.6 Å². The largest absolute Gasteiger partial charge is 0.385 e. The molecule has 2 aromatic rings. The highest BCUT2D eigenvalue weighted by atomic mass is 16.1. The van der Waals surface area contributed by atoms with Gasteiger partial charge < -0.3 is 15.5 Å². The molecular weight excluding hydrogens is 302 g/mol. The lowest BCUT2D eigenvalue weighted by atomic mass is 10.2. The highest BCUT2D eigenvalue weighted by Crippen LogP contribution is 2.12. The number of pyridine rings is 1. The van der Waals surface area contributed by atoms with Crippen molar-refractivity contribution in [3.05, 3.63) is 53.9 Å². The predicted molar refractivity (Wildman–Crippen MR) is 95.0 cm³/mol. The van der Waals surface area contributed by atoms with Crippen LogP contribution in [0.1, 0.15) is 22.5 Å². The van der Waals surface area contributed by atoms with Gasteiger partial charge in [-0.25, -0.2) is 0 Å². The molecule has 2 N–H and O–H groups in total. The normalized spacial score (nSPS) is 10.2. The zero-order valence-corrected chi connectivity index (χ0v) is 13.9. The lowest BCUT2D eigenvalue weighted by Crippen LogP contribution is -2.17. The number of hydrogen-bond acceptors (Lipinski definition) is 5. The van der Waals surface area contributed by atoms with Crippen molar-refractivity contribution in [2.75, 3.05) is 37.8 Å². The van der Waals surface area contributed by atoms with E-state index < -0.39 is 0 Å². The summed E-state index contributed by atoms with van der Waals surface area (Å²) >= 11 is 0. The van der Waals surface area contributed by atoms with E-state index in [1.165, 1.54) is 0 Å². The predicted octanol–water partition coefficient (Wildman–Crippen LogP) is 2.57. The van der Waals surface area contributed by atoms with E-state index in [-0.39, 0.29) is 5.91 Å². The molecule has 0 aliphatic rings. The molecule has 2 rings (SSSR count). The van der Waals surface area contributed by atoms with Crippen LogP contribution in [0.5, 0.6) is 0 Å². The van der Waals surface area contributed by atoms with Crippen LogP contribution >= 0.6 is 0 Å². The fourth-order valence-electron chi connectivity index (χ4n) is 2.12. The molecule has 1 heterocycles. The molecule has 0 unspecified atom stereocenters. The van der Waals surface area contributed by atoms with E-state index >= 15 is 0 Å². The minimum atomic E-state index is -0.281. The quantitative estimate of drug-likeness (QED) is 0.765. The third kappa shape index (κ3) is 5.38. The molecule has 6 nitrogen and oxygen atoms in total. The monoisotopic (exact) mass is 323 g/mol. The Morgan fingerprint density at radius 1 is 1.21 bits per heavy atom. The van der Waals surface area contributed by atoms with Crippen LogP contribution in [0.3, 0.4) is 0 Å². The van der Waals surface area contributed by atoms with E-state index in [9.17, 15) is 4.79 Å². The SMILES string of the molecule is CN(C)CCCNc1ccnc(C(=O)Nc2ccc(C#N)cc2)c1. The summed E-state index contributed by atoms with van der Waals surface area (Å²) in [5.74, 6) is -0.281. The van der Waals surface area contributed by atoms with Crippen LogP contribution < -0.4 is 10.6 Å². The number of anilines is 2. The van der Waals surface area contributed by atoms with Crippen molar-refractivity contribution in [3.63, 3.8) is 0 Å². The molecule has 0 aliphatic carbocycles. The first-order chi connectivity index (χ1) is 11.6. The van der Waals surface area contributed by atoms with E-state index in [0.29, 0.717) is 16.9 Å². The molecule has 0 bridgehead atoms. The van der Waals surface area contributed by atoms with Crippen molar-refractivity contribution in [1.29, 1.82) is 5.26 Å². The number of rotatable bonds is 7. The molecule has 0 fully saturated rings. The number of carbonyl (C=O) groups excluding carboxylic acids is 1. The Labute approximate surface area is 142 Å². The molecule has 0 aliphatic heterocycles. The van der Waals surface area contributed by atoms with E-state index in [2.05, 4.69) is 20.5 Å². The van der Waals surface area contributed by atoms with Gasteiger partial charge >= 0.3 is 0 Å². The Morgan fingerprint density at radius 2 is 1.96 bits per heavy atom. The maximum atomic E-state index is 12.3. The third-order valence-corrected chi connectivity index (χ3v) is 3.38. The second-order valence-electron chi connectivity index (χ2n) is 5.66. The summed E-state index contributed by atoms with van der Waals surface area (Å²) in [5.41, 5.74) is 2.39. The molecular formula is C18H21N5O. The summed E-state index contributed by atoms with van der Waals surface area (Å²) in [5, 5.41) is 14.8.